The fraction of sp³-hybridized carbons (Fsp3) is 0.167. The second-order valence-electron chi connectivity index (χ2n) is 3.59. The number of nitrogens with zero attached hydrogens (tertiary/aromatic N) is 2. The number of hydrogen-bond donors (Lipinski definition) is 0. The van der Waals surface area contributed by atoms with E-state index in [1.165, 1.54) is 12.1 Å². The second kappa shape index (κ2) is 4.16. The first-order chi connectivity index (χ1) is 7.97. The van der Waals surface area contributed by atoms with Crippen molar-refractivity contribution >= 4 is 0 Å². The van der Waals surface area contributed by atoms with Crippen LogP contribution in [0.3, 0.4) is 0 Å². The molecule has 0 spiro atoms. The SMILES string of the molecule is Cc1ncc(-c2ccc(C(F)(F)F)cc2)cn1. The monoisotopic (exact) mass is 238 g/mol. The van der Waals surface area contributed by atoms with Gasteiger partial charge in [0.15, 0.2) is 0 Å². The van der Waals surface area contributed by atoms with Gasteiger partial charge in [0.05, 0.1) is 5.56 Å². The summed E-state index contributed by atoms with van der Waals surface area (Å²) in [7, 11) is 0. The van der Waals surface area contributed by atoms with E-state index in [0.717, 1.165) is 12.1 Å². The maximum Gasteiger partial charge on any atom is 0.416 e. The molecule has 0 saturated heterocycles. The van der Waals surface area contributed by atoms with Crippen LogP contribution in [0.25, 0.3) is 11.1 Å². The van der Waals surface area contributed by atoms with E-state index in [1.807, 2.05) is 0 Å². The molecule has 0 aliphatic heterocycles. The van der Waals surface area contributed by atoms with E-state index in [1.54, 1.807) is 19.3 Å². The Kier molecular flexibility index (Phi) is 2.83. The van der Waals surface area contributed by atoms with Gasteiger partial charge in [0.2, 0.25) is 0 Å². The zero-order chi connectivity index (χ0) is 12.5. The molecule has 0 aliphatic carbocycles. The van der Waals surface area contributed by atoms with Gasteiger partial charge in [-0.05, 0) is 24.6 Å². The minimum atomic E-state index is -4.30. The molecule has 88 valence electrons. The van der Waals surface area contributed by atoms with Crippen LogP contribution in [0, 0.1) is 6.92 Å². The molecule has 0 atom stereocenters. The van der Waals surface area contributed by atoms with Crippen molar-refractivity contribution in [2.45, 2.75) is 13.1 Å². The maximum atomic E-state index is 12.4. The lowest BCUT2D eigenvalue weighted by Gasteiger charge is -2.07. The molecule has 0 aliphatic rings. The third-order valence-corrected chi connectivity index (χ3v) is 2.33. The molecule has 2 nitrogen and oxygen atoms in total. The minimum absolute atomic E-state index is 0.626. The van der Waals surface area contributed by atoms with Crippen molar-refractivity contribution in [3.63, 3.8) is 0 Å². The van der Waals surface area contributed by atoms with Crippen LogP contribution in [0.2, 0.25) is 0 Å². The molecule has 0 amide bonds. The lowest BCUT2D eigenvalue weighted by Crippen LogP contribution is -2.04. The fourth-order valence-electron chi connectivity index (χ4n) is 1.39. The van der Waals surface area contributed by atoms with E-state index >= 15 is 0 Å². The van der Waals surface area contributed by atoms with Crippen molar-refractivity contribution in [2.24, 2.45) is 0 Å². The van der Waals surface area contributed by atoms with Crippen molar-refractivity contribution in [1.29, 1.82) is 0 Å². The van der Waals surface area contributed by atoms with E-state index in [2.05, 4.69) is 9.97 Å². The average molecular weight is 238 g/mol. The van der Waals surface area contributed by atoms with Crippen LogP contribution in [0.4, 0.5) is 13.2 Å². The molecule has 0 saturated carbocycles. The Hall–Kier alpha value is -1.91. The summed E-state index contributed by atoms with van der Waals surface area (Å²) in [5.74, 6) is 0.626. The molecule has 2 rings (SSSR count). The van der Waals surface area contributed by atoms with Gasteiger partial charge in [-0.25, -0.2) is 9.97 Å². The van der Waals surface area contributed by atoms with E-state index in [9.17, 15) is 13.2 Å². The number of hydrogen-bond acceptors (Lipinski definition) is 2. The molecule has 0 unspecified atom stereocenters. The van der Waals surface area contributed by atoms with Crippen LogP contribution >= 0.6 is 0 Å². The van der Waals surface area contributed by atoms with Crippen molar-refractivity contribution in [3.8, 4) is 11.1 Å². The Bertz CT molecular complexity index is 501. The predicted molar refractivity (Wildman–Crippen MR) is 57.2 cm³/mol. The Morgan fingerprint density at radius 3 is 1.88 bits per heavy atom. The molecule has 2 aromatic rings. The normalized spacial score (nSPS) is 11.5. The average Bonchev–Trinajstić information content (AvgIpc) is 2.29. The highest BCUT2D eigenvalue weighted by Gasteiger charge is 2.29. The Morgan fingerprint density at radius 1 is 0.882 bits per heavy atom. The zero-order valence-electron chi connectivity index (χ0n) is 8.99. The van der Waals surface area contributed by atoms with Crippen LogP contribution in [-0.4, -0.2) is 9.97 Å². The zero-order valence-corrected chi connectivity index (χ0v) is 8.99. The number of benzene rings is 1. The number of alkyl halides is 3. The molecular weight excluding hydrogens is 229 g/mol. The summed E-state index contributed by atoms with van der Waals surface area (Å²) in [5.41, 5.74) is 0.705. The lowest BCUT2D eigenvalue weighted by atomic mass is 10.1. The topological polar surface area (TPSA) is 25.8 Å². The third kappa shape index (κ3) is 2.61. The Morgan fingerprint density at radius 2 is 1.41 bits per heavy atom. The van der Waals surface area contributed by atoms with Gasteiger partial charge < -0.3 is 0 Å². The van der Waals surface area contributed by atoms with Crippen molar-refractivity contribution in [1.82, 2.24) is 9.97 Å². The standard InChI is InChI=1S/C12H9F3N2/c1-8-16-6-10(7-17-8)9-2-4-11(5-3-9)12(13,14)15/h2-7H,1H3. The predicted octanol–water partition coefficient (Wildman–Crippen LogP) is 3.47. The first-order valence-electron chi connectivity index (χ1n) is 4.93. The molecule has 1 aromatic heterocycles. The molecular formula is C12H9F3N2. The van der Waals surface area contributed by atoms with Crippen LogP contribution in [-0.2, 0) is 6.18 Å². The van der Waals surface area contributed by atoms with Gasteiger partial charge in [0.25, 0.3) is 0 Å². The van der Waals surface area contributed by atoms with E-state index in [-0.39, 0.29) is 0 Å². The van der Waals surface area contributed by atoms with Gasteiger partial charge in [-0.3, -0.25) is 0 Å². The molecule has 5 heteroatoms. The Balaban J connectivity index is 2.33. The highest BCUT2D eigenvalue weighted by molar-refractivity contribution is 5.61. The fourth-order valence-corrected chi connectivity index (χ4v) is 1.39. The highest BCUT2D eigenvalue weighted by Crippen LogP contribution is 2.30. The first kappa shape index (κ1) is 11.6. The number of aryl methyl sites for hydroxylation is 1. The van der Waals surface area contributed by atoms with Crippen molar-refractivity contribution in [3.05, 3.63) is 48.0 Å². The van der Waals surface area contributed by atoms with Gasteiger partial charge in [-0.1, -0.05) is 12.1 Å². The molecule has 1 heterocycles. The van der Waals surface area contributed by atoms with Crippen molar-refractivity contribution < 1.29 is 13.2 Å². The van der Waals surface area contributed by atoms with E-state index < -0.39 is 11.7 Å². The smallest absolute Gasteiger partial charge is 0.241 e. The Labute approximate surface area is 96.2 Å². The summed E-state index contributed by atoms with van der Waals surface area (Å²) in [6, 6.07) is 4.93. The van der Waals surface area contributed by atoms with Crippen LogP contribution in [0.5, 0.6) is 0 Å². The van der Waals surface area contributed by atoms with Crippen LogP contribution in [0.15, 0.2) is 36.7 Å². The molecule has 0 radical (unpaired) electrons. The molecule has 17 heavy (non-hydrogen) atoms. The third-order valence-electron chi connectivity index (χ3n) is 2.33. The second-order valence-corrected chi connectivity index (χ2v) is 3.59. The largest absolute Gasteiger partial charge is 0.416 e. The lowest BCUT2D eigenvalue weighted by molar-refractivity contribution is -0.137. The summed E-state index contributed by atoms with van der Waals surface area (Å²) in [5, 5.41) is 0. The summed E-state index contributed by atoms with van der Waals surface area (Å²) < 4.78 is 37.1. The minimum Gasteiger partial charge on any atom is -0.241 e. The quantitative estimate of drug-likeness (QED) is 0.760. The van der Waals surface area contributed by atoms with Gasteiger partial charge >= 0.3 is 6.18 Å². The van der Waals surface area contributed by atoms with Gasteiger partial charge in [-0.15, -0.1) is 0 Å². The van der Waals surface area contributed by atoms with E-state index in [0.29, 0.717) is 17.0 Å². The van der Waals surface area contributed by atoms with E-state index in [4.69, 9.17) is 0 Å². The summed E-state index contributed by atoms with van der Waals surface area (Å²) in [4.78, 5) is 7.99. The van der Waals surface area contributed by atoms with Gasteiger partial charge in [-0.2, -0.15) is 13.2 Å². The van der Waals surface area contributed by atoms with Crippen LogP contribution in [0.1, 0.15) is 11.4 Å². The number of rotatable bonds is 1. The summed E-state index contributed by atoms with van der Waals surface area (Å²) in [6.07, 6.45) is -1.13. The molecule has 1 aromatic carbocycles. The molecule has 0 bridgehead atoms. The van der Waals surface area contributed by atoms with Crippen molar-refractivity contribution in [2.75, 3.05) is 0 Å². The van der Waals surface area contributed by atoms with Crippen LogP contribution < -0.4 is 0 Å². The molecule has 0 fully saturated rings. The number of halogens is 3. The summed E-state index contributed by atoms with van der Waals surface area (Å²) in [6.45, 7) is 1.75. The molecule has 0 N–H and O–H groups in total. The van der Waals surface area contributed by atoms with Gasteiger partial charge in [0, 0.05) is 18.0 Å². The number of aromatic nitrogens is 2. The summed E-state index contributed by atoms with van der Waals surface area (Å²) >= 11 is 0. The van der Waals surface area contributed by atoms with Gasteiger partial charge in [0.1, 0.15) is 5.82 Å². The first-order valence-corrected chi connectivity index (χ1v) is 4.93. The maximum absolute atomic E-state index is 12.4. The highest BCUT2D eigenvalue weighted by atomic mass is 19.4.